The number of aliphatic hydroxyl groups is 2. The maximum Gasteiger partial charge on any atom is 0.305 e. The van der Waals surface area contributed by atoms with Crippen LogP contribution < -0.4 is 5.32 Å². The molecule has 0 saturated heterocycles. The third kappa shape index (κ3) is 57.0. The minimum Gasteiger partial charge on any atom is -0.466 e. The van der Waals surface area contributed by atoms with Crippen LogP contribution >= 0.6 is 0 Å². The van der Waals surface area contributed by atoms with Crippen LogP contribution in [0.3, 0.4) is 0 Å². The summed E-state index contributed by atoms with van der Waals surface area (Å²) >= 11 is 0. The monoisotopic (exact) mass is 996 g/mol. The smallest absolute Gasteiger partial charge is 0.305 e. The lowest BCUT2D eigenvalue weighted by Crippen LogP contribution is -2.45. The number of unbranched alkanes of at least 4 members (excludes halogenated alkanes) is 41. The maximum atomic E-state index is 12.5. The number of esters is 1. The van der Waals surface area contributed by atoms with Crippen molar-refractivity contribution >= 4 is 11.9 Å². The van der Waals surface area contributed by atoms with Crippen molar-refractivity contribution in [3.8, 4) is 0 Å². The highest BCUT2D eigenvalue weighted by Crippen LogP contribution is 2.17. The van der Waals surface area contributed by atoms with Crippen molar-refractivity contribution in [3.05, 3.63) is 48.6 Å². The summed E-state index contributed by atoms with van der Waals surface area (Å²) in [7, 11) is 0. The molecule has 0 aromatic carbocycles. The Kier molecular flexibility index (Phi) is 58.5. The molecule has 6 nitrogen and oxygen atoms in total. The fourth-order valence-electron chi connectivity index (χ4n) is 9.49. The van der Waals surface area contributed by atoms with Crippen LogP contribution in [0.1, 0.15) is 328 Å². The first-order chi connectivity index (χ1) is 35.0. The van der Waals surface area contributed by atoms with Crippen molar-refractivity contribution in [2.75, 3.05) is 13.2 Å². The molecule has 0 spiro atoms. The summed E-state index contributed by atoms with van der Waals surface area (Å²) in [6.45, 7) is 4.84. The fraction of sp³-hybridized carbons (Fsp3) is 0.846. The van der Waals surface area contributed by atoms with Gasteiger partial charge in [-0.25, -0.2) is 0 Å². The van der Waals surface area contributed by atoms with E-state index in [1.807, 2.05) is 6.08 Å². The molecule has 0 aliphatic rings. The van der Waals surface area contributed by atoms with E-state index >= 15 is 0 Å². The standard InChI is InChI=1S/C65H121NO5/c1-3-5-7-9-11-13-15-17-18-30-34-37-41-45-49-53-57-63(68)62(61-67)66-64(69)58-54-50-46-42-38-35-31-28-26-24-22-20-19-21-23-25-27-29-32-36-40-44-48-52-56-60-71-65(70)59-55-51-47-43-39-33-16-14-12-10-8-6-4-2/h8,10,14,16,20,22,53,57,62-63,67-68H,3-7,9,11-13,15,17-19,21,23-52,54-56,58-61H2,1-2H3,(H,66,69)/b10-8-,16-14-,22-20-,57-53+. The zero-order valence-corrected chi connectivity index (χ0v) is 47.5. The van der Waals surface area contributed by atoms with Crippen LogP contribution in [-0.2, 0) is 14.3 Å². The number of allylic oxidation sites excluding steroid dienone is 7. The van der Waals surface area contributed by atoms with Crippen molar-refractivity contribution < 1.29 is 24.5 Å². The van der Waals surface area contributed by atoms with Crippen LogP contribution in [-0.4, -0.2) is 47.4 Å². The van der Waals surface area contributed by atoms with Gasteiger partial charge in [-0.3, -0.25) is 9.59 Å². The second-order valence-corrected chi connectivity index (χ2v) is 21.4. The molecule has 416 valence electrons. The van der Waals surface area contributed by atoms with E-state index in [0.717, 1.165) is 51.4 Å². The first-order valence-corrected chi connectivity index (χ1v) is 31.4. The van der Waals surface area contributed by atoms with Crippen LogP contribution in [0.15, 0.2) is 48.6 Å². The second kappa shape index (κ2) is 60.4. The van der Waals surface area contributed by atoms with Gasteiger partial charge < -0.3 is 20.3 Å². The van der Waals surface area contributed by atoms with E-state index < -0.39 is 12.1 Å². The number of carbonyl (C=O) groups excluding carboxylic acids is 2. The van der Waals surface area contributed by atoms with Crippen molar-refractivity contribution in [3.63, 3.8) is 0 Å². The van der Waals surface area contributed by atoms with Gasteiger partial charge in [-0.1, -0.05) is 281 Å². The Hall–Kier alpha value is -2.18. The summed E-state index contributed by atoms with van der Waals surface area (Å²) in [5.41, 5.74) is 0. The van der Waals surface area contributed by atoms with E-state index in [4.69, 9.17) is 4.74 Å². The third-order valence-corrected chi connectivity index (χ3v) is 14.3. The highest BCUT2D eigenvalue weighted by Gasteiger charge is 2.18. The molecule has 0 aromatic heterocycles. The van der Waals surface area contributed by atoms with E-state index in [0.29, 0.717) is 19.4 Å². The summed E-state index contributed by atoms with van der Waals surface area (Å²) in [6.07, 6.45) is 77.3. The SMILES string of the molecule is CCC/C=C\C/C=C\CCCCCCCC(=O)OCCCCCCCCCCCCCC/C=C\CCCCCCCCCCCC(=O)NC(CO)C(O)/C=C/CCCCCCCCCCCCCCCC. The normalized spacial score (nSPS) is 12.9. The summed E-state index contributed by atoms with van der Waals surface area (Å²) in [5.74, 6) is -0.0728. The lowest BCUT2D eigenvalue weighted by Gasteiger charge is -2.20. The quantitative estimate of drug-likeness (QED) is 0.0321. The zero-order chi connectivity index (χ0) is 51.4. The number of ether oxygens (including phenoxy) is 1. The van der Waals surface area contributed by atoms with Gasteiger partial charge in [0, 0.05) is 12.8 Å². The van der Waals surface area contributed by atoms with Gasteiger partial charge in [0.15, 0.2) is 0 Å². The molecule has 0 aromatic rings. The second-order valence-electron chi connectivity index (χ2n) is 21.4. The first-order valence-electron chi connectivity index (χ1n) is 31.4. The van der Waals surface area contributed by atoms with Gasteiger partial charge in [0.2, 0.25) is 5.91 Å². The molecule has 0 aliphatic carbocycles. The summed E-state index contributed by atoms with van der Waals surface area (Å²) in [6, 6.07) is -0.631. The number of amides is 1. The van der Waals surface area contributed by atoms with Crippen LogP contribution in [0.2, 0.25) is 0 Å². The molecule has 1 amide bonds. The molecular formula is C65H121NO5. The van der Waals surface area contributed by atoms with Crippen LogP contribution in [0.5, 0.6) is 0 Å². The van der Waals surface area contributed by atoms with E-state index in [-0.39, 0.29) is 18.5 Å². The number of carbonyl (C=O) groups is 2. The molecule has 3 N–H and O–H groups in total. The van der Waals surface area contributed by atoms with Gasteiger partial charge in [-0.2, -0.15) is 0 Å². The van der Waals surface area contributed by atoms with E-state index in [1.165, 1.54) is 250 Å². The number of aliphatic hydroxyl groups excluding tert-OH is 2. The van der Waals surface area contributed by atoms with E-state index in [9.17, 15) is 19.8 Å². The van der Waals surface area contributed by atoms with Crippen LogP contribution in [0.25, 0.3) is 0 Å². The predicted molar refractivity (Wildman–Crippen MR) is 310 cm³/mol. The van der Waals surface area contributed by atoms with Crippen molar-refractivity contribution in [2.45, 2.75) is 341 Å². The van der Waals surface area contributed by atoms with E-state index in [1.54, 1.807) is 6.08 Å². The molecule has 71 heavy (non-hydrogen) atoms. The highest BCUT2D eigenvalue weighted by atomic mass is 16.5. The lowest BCUT2D eigenvalue weighted by atomic mass is 10.0. The molecule has 0 heterocycles. The Bertz CT molecular complexity index is 1190. The van der Waals surface area contributed by atoms with E-state index in [2.05, 4.69) is 55.6 Å². The summed E-state index contributed by atoms with van der Waals surface area (Å²) < 4.78 is 5.47. The van der Waals surface area contributed by atoms with Gasteiger partial charge >= 0.3 is 5.97 Å². The van der Waals surface area contributed by atoms with Gasteiger partial charge in [-0.15, -0.1) is 0 Å². The van der Waals surface area contributed by atoms with Crippen molar-refractivity contribution in [1.82, 2.24) is 5.32 Å². The molecule has 0 bridgehead atoms. The summed E-state index contributed by atoms with van der Waals surface area (Å²) in [4.78, 5) is 24.5. The fourth-order valence-corrected chi connectivity index (χ4v) is 9.49. The Morgan fingerprint density at radius 3 is 1.14 bits per heavy atom. The number of hydrogen-bond acceptors (Lipinski definition) is 5. The van der Waals surface area contributed by atoms with Crippen LogP contribution in [0, 0.1) is 0 Å². The number of nitrogens with one attached hydrogen (secondary N) is 1. The Morgan fingerprint density at radius 2 is 0.732 bits per heavy atom. The molecule has 0 rings (SSSR count). The minimum absolute atomic E-state index is 0.00269. The lowest BCUT2D eigenvalue weighted by molar-refractivity contribution is -0.143. The van der Waals surface area contributed by atoms with Gasteiger partial charge in [-0.05, 0) is 83.5 Å². The van der Waals surface area contributed by atoms with Gasteiger partial charge in [0.1, 0.15) is 0 Å². The maximum absolute atomic E-state index is 12.5. The molecule has 0 aliphatic heterocycles. The van der Waals surface area contributed by atoms with Crippen molar-refractivity contribution in [1.29, 1.82) is 0 Å². The molecule has 0 fully saturated rings. The zero-order valence-electron chi connectivity index (χ0n) is 47.5. The predicted octanol–water partition coefficient (Wildman–Crippen LogP) is 19.7. The molecule has 6 heteroatoms. The minimum atomic E-state index is -0.847. The van der Waals surface area contributed by atoms with Gasteiger partial charge in [0.05, 0.1) is 25.4 Å². The number of hydrogen-bond donors (Lipinski definition) is 3. The average molecular weight is 997 g/mol. The Balaban J connectivity index is 3.43. The third-order valence-electron chi connectivity index (χ3n) is 14.3. The molecule has 2 atom stereocenters. The molecule has 2 unspecified atom stereocenters. The Morgan fingerprint density at radius 1 is 0.394 bits per heavy atom. The highest BCUT2D eigenvalue weighted by molar-refractivity contribution is 5.76. The molecule has 0 saturated carbocycles. The van der Waals surface area contributed by atoms with Crippen LogP contribution in [0.4, 0.5) is 0 Å². The first kappa shape index (κ1) is 68.8. The van der Waals surface area contributed by atoms with Crippen molar-refractivity contribution in [2.24, 2.45) is 0 Å². The molecule has 0 radical (unpaired) electrons. The average Bonchev–Trinajstić information content (AvgIpc) is 3.37. The van der Waals surface area contributed by atoms with Gasteiger partial charge in [0.25, 0.3) is 0 Å². The molecular weight excluding hydrogens is 875 g/mol. The largest absolute Gasteiger partial charge is 0.466 e. The Labute approximate surface area is 442 Å². The summed E-state index contributed by atoms with van der Waals surface area (Å²) in [5, 5.41) is 23.1. The topological polar surface area (TPSA) is 95.9 Å². The number of rotatable bonds is 58.